The van der Waals surface area contributed by atoms with Crippen molar-refractivity contribution in [1.29, 1.82) is 0 Å². The maximum Gasteiger partial charge on any atom is 0.251 e. The Balaban J connectivity index is 1.53. The molecule has 0 radical (unpaired) electrons. The molecular weight excluding hydrogens is 503 g/mol. The molecule has 192 valence electrons. The van der Waals surface area contributed by atoms with Crippen LogP contribution in [0.5, 0.6) is 17.4 Å². The van der Waals surface area contributed by atoms with E-state index in [9.17, 15) is 4.79 Å². The molecule has 2 aromatic heterocycles. The lowest BCUT2D eigenvalue weighted by Gasteiger charge is -2.14. The maximum absolute atomic E-state index is 15.8. The number of nitrogens with zero attached hydrogens (tertiary/aromatic N) is 3. The van der Waals surface area contributed by atoms with E-state index >= 15 is 4.39 Å². The van der Waals surface area contributed by atoms with E-state index in [0.29, 0.717) is 36.6 Å². The predicted octanol–water partition coefficient (Wildman–Crippen LogP) is 4.30. The highest BCUT2D eigenvalue weighted by atomic mass is 35.5. The molecule has 5 rings (SSSR count). The summed E-state index contributed by atoms with van der Waals surface area (Å²) in [5, 5.41) is 7.10. The van der Waals surface area contributed by atoms with Gasteiger partial charge in [-0.05, 0) is 29.8 Å². The van der Waals surface area contributed by atoms with Crippen LogP contribution in [0.25, 0.3) is 16.8 Å². The molecule has 1 aliphatic rings. The first-order valence-electron chi connectivity index (χ1n) is 11.6. The van der Waals surface area contributed by atoms with Gasteiger partial charge in [0.1, 0.15) is 23.5 Å². The van der Waals surface area contributed by atoms with Crippen LogP contribution in [-0.4, -0.2) is 54.0 Å². The number of methoxy groups -OCH3 is 1. The van der Waals surface area contributed by atoms with Gasteiger partial charge in [-0.2, -0.15) is 10.1 Å². The fraction of sp³-hybridized carbons (Fsp3) is 0.269. The first kappa shape index (κ1) is 24.8. The third-order valence-electron chi connectivity index (χ3n) is 5.95. The van der Waals surface area contributed by atoms with Crippen molar-refractivity contribution in [3.63, 3.8) is 0 Å². The second kappa shape index (κ2) is 10.6. The van der Waals surface area contributed by atoms with E-state index in [1.165, 1.54) is 29.9 Å². The van der Waals surface area contributed by atoms with Gasteiger partial charge in [0.15, 0.2) is 17.2 Å². The molecule has 1 unspecified atom stereocenters. The second-order valence-electron chi connectivity index (χ2n) is 8.38. The molecule has 37 heavy (non-hydrogen) atoms. The minimum atomic E-state index is -0.653. The highest BCUT2D eigenvalue weighted by molar-refractivity contribution is 6.31. The molecule has 0 bridgehead atoms. The Morgan fingerprint density at radius 2 is 2.08 bits per heavy atom. The van der Waals surface area contributed by atoms with Crippen LogP contribution < -0.4 is 19.5 Å². The molecule has 1 saturated heterocycles. The number of carbonyl (C=O) groups is 1. The number of rotatable bonds is 8. The summed E-state index contributed by atoms with van der Waals surface area (Å²) < 4.78 is 39.5. The number of halogens is 2. The number of benzene rings is 2. The molecule has 1 aliphatic heterocycles. The molecule has 0 aliphatic carbocycles. The molecule has 1 N–H and O–H groups in total. The zero-order valence-electron chi connectivity index (χ0n) is 20.2. The van der Waals surface area contributed by atoms with Gasteiger partial charge in [-0.3, -0.25) is 4.79 Å². The van der Waals surface area contributed by atoms with E-state index in [0.717, 1.165) is 5.56 Å². The monoisotopic (exact) mass is 526 g/mol. The summed E-state index contributed by atoms with van der Waals surface area (Å²) in [6.07, 6.45) is 3.54. The van der Waals surface area contributed by atoms with Crippen LogP contribution in [0, 0.1) is 5.82 Å². The Kier molecular flexibility index (Phi) is 7.11. The molecular formula is C26H24ClFN4O5. The molecule has 1 fully saturated rings. The third kappa shape index (κ3) is 5.16. The number of fused-ring (bicyclic) bond motifs is 1. The molecule has 1 atom stereocenters. The molecule has 0 saturated carbocycles. The summed E-state index contributed by atoms with van der Waals surface area (Å²) in [7, 11) is 3.08. The van der Waals surface area contributed by atoms with Crippen molar-refractivity contribution >= 4 is 23.2 Å². The predicted molar refractivity (Wildman–Crippen MR) is 134 cm³/mol. The number of ether oxygens (including phenoxy) is 4. The number of hydrogen-bond donors (Lipinski definition) is 1. The first-order chi connectivity index (χ1) is 18.0. The summed E-state index contributed by atoms with van der Waals surface area (Å²) in [6.45, 7) is 1.12. The van der Waals surface area contributed by atoms with Gasteiger partial charge in [0, 0.05) is 30.2 Å². The van der Waals surface area contributed by atoms with Crippen molar-refractivity contribution in [3.05, 3.63) is 70.8 Å². The zero-order valence-corrected chi connectivity index (χ0v) is 20.9. The van der Waals surface area contributed by atoms with Crippen LogP contribution in [0.4, 0.5) is 4.39 Å². The fourth-order valence-electron chi connectivity index (χ4n) is 3.97. The Labute approximate surface area is 217 Å². The van der Waals surface area contributed by atoms with Gasteiger partial charge < -0.3 is 24.3 Å². The van der Waals surface area contributed by atoms with E-state index in [1.54, 1.807) is 25.4 Å². The van der Waals surface area contributed by atoms with Crippen LogP contribution in [0.3, 0.4) is 0 Å². The summed E-state index contributed by atoms with van der Waals surface area (Å²) in [4.78, 5) is 17.0. The normalized spacial score (nSPS) is 15.1. The van der Waals surface area contributed by atoms with Crippen molar-refractivity contribution in [2.45, 2.75) is 19.1 Å². The molecule has 3 heterocycles. The molecule has 11 heteroatoms. The zero-order chi connectivity index (χ0) is 25.9. The minimum Gasteiger partial charge on any atom is -0.497 e. The third-order valence-corrected chi connectivity index (χ3v) is 6.21. The van der Waals surface area contributed by atoms with Crippen molar-refractivity contribution < 1.29 is 28.1 Å². The number of carbonyl (C=O) groups excluding carboxylic acids is 1. The number of aromatic nitrogens is 3. The molecule has 1 amide bonds. The lowest BCUT2D eigenvalue weighted by atomic mass is 10.0. The lowest BCUT2D eigenvalue weighted by molar-refractivity contribution is 0.0962. The standard InChI is InChI=1S/C26H24ClFN4O5/c1-29-25(33)16-9-19(23(28)22(10-16)36-13-15-3-5-17(34-2)6-4-15)20-11-30-32-12-21(27)26(31-24(20)32)37-18-7-8-35-14-18/h3-6,9-12,18H,7-8,13-14H2,1-2H3,(H,29,33). The van der Waals surface area contributed by atoms with E-state index in [2.05, 4.69) is 15.4 Å². The van der Waals surface area contributed by atoms with Gasteiger partial charge in [-0.25, -0.2) is 8.91 Å². The highest BCUT2D eigenvalue weighted by Gasteiger charge is 2.23. The Bertz CT molecular complexity index is 1440. The fourth-order valence-corrected chi connectivity index (χ4v) is 4.15. The average Bonchev–Trinajstić information content (AvgIpc) is 3.58. The number of hydrogen-bond acceptors (Lipinski definition) is 7. The van der Waals surface area contributed by atoms with Crippen molar-refractivity contribution in [3.8, 4) is 28.5 Å². The summed E-state index contributed by atoms with van der Waals surface area (Å²) >= 11 is 6.35. The lowest BCUT2D eigenvalue weighted by Crippen LogP contribution is -2.18. The minimum absolute atomic E-state index is 0.0835. The first-order valence-corrected chi connectivity index (χ1v) is 11.9. The van der Waals surface area contributed by atoms with Crippen molar-refractivity contribution in [2.75, 3.05) is 27.4 Å². The quantitative estimate of drug-likeness (QED) is 0.365. The van der Waals surface area contributed by atoms with Crippen LogP contribution in [0.1, 0.15) is 22.3 Å². The van der Waals surface area contributed by atoms with Gasteiger partial charge in [0.05, 0.1) is 32.7 Å². The van der Waals surface area contributed by atoms with Gasteiger partial charge >= 0.3 is 0 Å². The average molecular weight is 527 g/mol. The van der Waals surface area contributed by atoms with Gasteiger partial charge in [-0.1, -0.05) is 23.7 Å². The largest absolute Gasteiger partial charge is 0.497 e. The summed E-state index contributed by atoms with van der Waals surface area (Å²) in [6, 6.07) is 10.0. The van der Waals surface area contributed by atoms with Crippen LogP contribution in [-0.2, 0) is 11.3 Å². The number of nitrogens with one attached hydrogen (secondary N) is 1. The van der Waals surface area contributed by atoms with Crippen LogP contribution >= 0.6 is 11.6 Å². The molecule has 0 spiro atoms. The number of amides is 1. The van der Waals surface area contributed by atoms with Crippen LogP contribution in [0.15, 0.2) is 48.8 Å². The Morgan fingerprint density at radius 1 is 1.27 bits per heavy atom. The summed E-state index contributed by atoms with van der Waals surface area (Å²) in [5.41, 5.74) is 1.79. The van der Waals surface area contributed by atoms with Gasteiger partial charge in [0.2, 0.25) is 5.88 Å². The highest BCUT2D eigenvalue weighted by Crippen LogP contribution is 2.35. The van der Waals surface area contributed by atoms with E-state index in [4.69, 9.17) is 30.5 Å². The van der Waals surface area contributed by atoms with E-state index in [1.807, 2.05) is 12.1 Å². The van der Waals surface area contributed by atoms with E-state index < -0.39 is 11.7 Å². The topological polar surface area (TPSA) is 96.2 Å². The second-order valence-corrected chi connectivity index (χ2v) is 8.78. The van der Waals surface area contributed by atoms with Gasteiger partial charge in [0.25, 0.3) is 5.91 Å². The van der Waals surface area contributed by atoms with Crippen LogP contribution in [0.2, 0.25) is 5.02 Å². The maximum atomic E-state index is 15.8. The van der Waals surface area contributed by atoms with Crippen molar-refractivity contribution in [1.82, 2.24) is 19.9 Å². The molecule has 2 aromatic carbocycles. The smallest absolute Gasteiger partial charge is 0.251 e. The Hall–Kier alpha value is -3.89. The van der Waals surface area contributed by atoms with Crippen molar-refractivity contribution in [2.24, 2.45) is 0 Å². The van der Waals surface area contributed by atoms with E-state index in [-0.39, 0.29) is 40.5 Å². The Morgan fingerprint density at radius 3 is 2.78 bits per heavy atom. The van der Waals surface area contributed by atoms with Gasteiger partial charge in [-0.15, -0.1) is 0 Å². The SMILES string of the molecule is CNC(=O)c1cc(OCc2ccc(OC)cc2)c(F)c(-c2cnn3cc(Cl)c(OC4CCOC4)nc23)c1. The molecule has 4 aromatic rings. The summed E-state index contributed by atoms with van der Waals surface area (Å²) in [5.74, 6) is -0.235. The molecule has 9 nitrogen and oxygen atoms in total.